The average Bonchev–Trinajstić information content (AvgIpc) is 2.83. The van der Waals surface area contributed by atoms with Crippen molar-refractivity contribution < 1.29 is 22.3 Å². The molecule has 1 aromatic carbocycles. The average molecular weight is 317 g/mol. The molecule has 0 atom stereocenters. The Morgan fingerprint density at radius 3 is 2.67 bits per heavy atom. The lowest BCUT2D eigenvalue weighted by molar-refractivity contribution is 0.267. The van der Waals surface area contributed by atoms with Crippen LogP contribution in [0.5, 0.6) is 0 Å². The highest BCUT2D eigenvalue weighted by Gasteiger charge is 2.23. The second-order valence-electron chi connectivity index (χ2n) is 4.34. The quantitative estimate of drug-likeness (QED) is 0.849. The summed E-state index contributed by atoms with van der Waals surface area (Å²) in [6.45, 7) is -1.01. The number of aliphatic hydroxyl groups excluding tert-OH is 1. The molecule has 0 spiro atoms. The number of hydrogen-bond acceptors (Lipinski definition) is 4. The zero-order chi connectivity index (χ0) is 15.6. The normalized spacial score (nSPS) is 11.8. The van der Waals surface area contributed by atoms with Gasteiger partial charge in [0.1, 0.15) is 10.7 Å². The van der Waals surface area contributed by atoms with Crippen molar-refractivity contribution in [2.24, 2.45) is 7.05 Å². The lowest BCUT2D eigenvalue weighted by atomic mass is 10.2. The summed E-state index contributed by atoms with van der Waals surface area (Å²) in [5.74, 6) is -2.29. The van der Waals surface area contributed by atoms with Gasteiger partial charge in [0.05, 0.1) is 18.4 Å². The number of aliphatic hydroxyl groups is 1. The van der Waals surface area contributed by atoms with Gasteiger partial charge in [-0.3, -0.25) is 4.68 Å². The summed E-state index contributed by atoms with van der Waals surface area (Å²) in [4.78, 5) is -0.711. The molecule has 114 valence electrons. The molecule has 6 nitrogen and oxygen atoms in total. The molecule has 0 saturated carbocycles. The van der Waals surface area contributed by atoms with E-state index in [0.717, 1.165) is 12.1 Å². The zero-order valence-corrected chi connectivity index (χ0v) is 11.9. The maximum Gasteiger partial charge on any atom is 0.243 e. The second kappa shape index (κ2) is 5.88. The first kappa shape index (κ1) is 15.5. The highest BCUT2D eigenvalue weighted by atomic mass is 32.2. The summed E-state index contributed by atoms with van der Waals surface area (Å²) in [5, 5.41) is 12.8. The molecule has 2 aromatic rings. The predicted molar refractivity (Wildman–Crippen MR) is 69.5 cm³/mol. The molecule has 2 N–H and O–H groups in total. The summed E-state index contributed by atoms with van der Waals surface area (Å²) in [5.41, 5.74) is -0.0924. The van der Waals surface area contributed by atoms with Crippen molar-refractivity contribution in [2.45, 2.75) is 18.0 Å². The van der Waals surface area contributed by atoms with Gasteiger partial charge >= 0.3 is 0 Å². The Labute approximate surface area is 120 Å². The van der Waals surface area contributed by atoms with E-state index in [4.69, 9.17) is 5.11 Å². The predicted octanol–water partition coefficient (Wildman–Crippen LogP) is 0.669. The van der Waals surface area contributed by atoms with Gasteiger partial charge in [-0.05, 0) is 12.1 Å². The van der Waals surface area contributed by atoms with E-state index in [9.17, 15) is 17.2 Å². The largest absolute Gasteiger partial charge is 0.391 e. The molecule has 1 heterocycles. The van der Waals surface area contributed by atoms with Gasteiger partial charge in [0, 0.05) is 25.4 Å². The van der Waals surface area contributed by atoms with Crippen LogP contribution in [0.4, 0.5) is 8.78 Å². The number of nitrogens with zero attached hydrogens (tertiary/aromatic N) is 2. The summed E-state index contributed by atoms with van der Waals surface area (Å²) in [6.07, 6.45) is 3.06. The van der Waals surface area contributed by atoms with E-state index in [2.05, 4.69) is 9.82 Å². The molecular formula is C12H13F2N3O3S. The van der Waals surface area contributed by atoms with Gasteiger partial charge in [0.25, 0.3) is 0 Å². The molecule has 0 fully saturated rings. The van der Waals surface area contributed by atoms with Gasteiger partial charge in [0.15, 0.2) is 5.82 Å². The lowest BCUT2D eigenvalue weighted by Crippen LogP contribution is -2.24. The monoisotopic (exact) mass is 317 g/mol. The van der Waals surface area contributed by atoms with Crippen LogP contribution >= 0.6 is 0 Å². The fourth-order valence-corrected chi connectivity index (χ4v) is 2.87. The Balaban J connectivity index is 2.27. The minimum absolute atomic E-state index is 0.0819. The zero-order valence-electron chi connectivity index (χ0n) is 11.0. The van der Waals surface area contributed by atoms with Crippen molar-refractivity contribution in [2.75, 3.05) is 0 Å². The Hall–Kier alpha value is -1.84. The lowest BCUT2D eigenvalue weighted by Gasteiger charge is -2.09. The van der Waals surface area contributed by atoms with Crippen LogP contribution < -0.4 is 4.72 Å². The van der Waals surface area contributed by atoms with Gasteiger partial charge in [-0.1, -0.05) is 0 Å². The molecule has 0 saturated heterocycles. The van der Waals surface area contributed by atoms with Crippen LogP contribution in [0.2, 0.25) is 0 Å². The number of hydrogen-bond donors (Lipinski definition) is 2. The molecule has 0 bridgehead atoms. The van der Waals surface area contributed by atoms with Crippen molar-refractivity contribution >= 4 is 10.0 Å². The first-order valence-corrected chi connectivity index (χ1v) is 7.38. The molecule has 0 radical (unpaired) electrons. The summed E-state index contributed by atoms with van der Waals surface area (Å²) in [6, 6.07) is 1.61. The van der Waals surface area contributed by atoms with Crippen LogP contribution in [-0.2, 0) is 30.2 Å². The fourth-order valence-electron chi connectivity index (χ4n) is 1.75. The minimum atomic E-state index is -4.17. The molecule has 9 heteroatoms. The SMILES string of the molecule is Cn1cc(CNS(=O)(=O)c2ccc(F)c(CO)c2F)cn1. The van der Waals surface area contributed by atoms with Crippen LogP contribution in [0.3, 0.4) is 0 Å². The molecular weight excluding hydrogens is 304 g/mol. The minimum Gasteiger partial charge on any atom is -0.391 e. The first-order valence-electron chi connectivity index (χ1n) is 5.90. The van der Waals surface area contributed by atoms with E-state index in [-0.39, 0.29) is 6.54 Å². The van der Waals surface area contributed by atoms with Crippen LogP contribution in [0.25, 0.3) is 0 Å². The van der Waals surface area contributed by atoms with E-state index >= 15 is 0 Å². The molecule has 0 amide bonds. The third-order valence-electron chi connectivity index (χ3n) is 2.82. The number of benzene rings is 1. The van der Waals surface area contributed by atoms with E-state index in [1.54, 1.807) is 13.2 Å². The van der Waals surface area contributed by atoms with Gasteiger partial charge in [-0.2, -0.15) is 5.10 Å². The van der Waals surface area contributed by atoms with Crippen LogP contribution in [-0.4, -0.2) is 23.3 Å². The number of rotatable bonds is 5. The molecule has 0 unspecified atom stereocenters. The first-order chi connectivity index (χ1) is 9.85. The van der Waals surface area contributed by atoms with Gasteiger partial charge in [0.2, 0.25) is 10.0 Å². The third-order valence-corrected chi connectivity index (χ3v) is 4.24. The highest BCUT2D eigenvalue weighted by molar-refractivity contribution is 7.89. The Kier molecular flexibility index (Phi) is 4.35. The number of aromatic nitrogens is 2. The van der Waals surface area contributed by atoms with Crippen molar-refractivity contribution in [3.05, 3.63) is 47.3 Å². The summed E-state index contributed by atoms with van der Waals surface area (Å²) < 4.78 is 54.9. The number of sulfonamides is 1. The third kappa shape index (κ3) is 3.26. The smallest absolute Gasteiger partial charge is 0.243 e. The van der Waals surface area contributed by atoms with E-state index in [0.29, 0.717) is 5.56 Å². The van der Waals surface area contributed by atoms with Crippen molar-refractivity contribution in [1.29, 1.82) is 0 Å². The van der Waals surface area contributed by atoms with E-state index < -0.39 is 38.7 Å². The van der Waals surface area contributed by atoms with Gasteiger partial charge < -0.3 is 5.11 Å². The summed E-state index contributed by atoms with van der Waals surface area (Å²) in [7, 11) is -2.50. The second-order valence-corrected chi connectivity index (χ2v) is 6.08. The maximum atomic E-state index is 13.9. The number of halogens is 2. The van der Waals surface area contributed by atoms with E-state index in [1.165, 1.54) is 10.9 Å². The van der Waals surface area contributed by atoms with Crippen LogP contribution in [0, 0.1) is 11.6 Å². The Morgan fingerprint density at radius 1 is 1.38 bits per heavy atom. The van der Waals surface area contributed by atoms with E-state index in [1.807, 2.05) is 0 Å². The highest BCUT2D eigenvalue weighted by Crippen LogP contribution is 2.21. The van der Waals surface area contributed by atoms with Crippen LogP contribution in [0.1, 0.15) is 11.1 Å². The van der Waals surface area contributed by atoms with Crippen molar-refractivity contribution in [3.63, 3.8) is 0 Å². The standard InChI is InChI=1S/C12H13F2N3O3S/c1-17-6-8(4-15-17)5-16-21(19,20)11-3-2-10(13)9(7-18)12(11)14/h2-4,6,16,18H,5,7H2,1H3. The number of aryl methyl sites for hydroxylation is 1. The van der Waals surface area contributed by atoms with Gasteiger partial charge in [-0.15, -0.1) is 0 Å². The fraction of sp³-hybridized carbons (Fsp3) is 0.250. The van der Waals surface area contributed by atoms with Crippen molar-refractivity contribution in [1.82, 2.24) is 14.5 Å². The molecule has 2 rings (SSSR count). The molecule has 0 aliphatic rings. The number of nitrogens with one attached hydrogen (secondary N) is 1. The molecule has 0 aliphatic carbocycles. The summed E-state index contributed by atoms with van der Waals surface area (Å²) >= 11 is 0. The van der Waals surface area contributed by atoms with Crippen LogP contribution in [0.15, 0.2) is 29.4 Å². The molecule has 0 aliphatic heterocycles. The topological polar surface area (TPSA) is 84.2 Å². The molecule has 1 aromatic heterocycles. The maximum absolute atomic E-state index is 13.9. The van der Waals surface area contributed by atoms with Gasteiger partial charge in [-0.25, -0.2) is 21.9 Å². The van der Waals surface area contributed by atoms with Crippen molar-refractivity contribution in [3.8, 4) is 0 Å². The molecule has 21 heavy (non-hydrogen) atoms. The Bertz CT molecular complexity index is 759. The Morgan fingerprint density at radius 2 is 2.10 bits per heavy atom.